The summed E-state index contributed by atoms with van der Waals surface area (Å²) in [5.41, 5.74) is 0.493. The Hall–Kier alpha value is -1.03. The Morgan fingerprint density at radius 1 is 1.48 bits per heavy atom. The van der Waals surface area contributed by atoms with Crippen molar-refractivity contribution in [3.8, 4) is 0 Å². The summed E-state index contributed by atoms with van der Waals surface area (Å²) < 4.78 is 1.44. The van der Waals surface area contributed by atoms with Gasteiger partial charge in [-0.25, -0.2) is 4.68 Å². The smallest absolute Gasteiger partial charge is 0.287 e. The predicted molar refractivity (Wildman–Crippen MR) is 85.8 cm³/mol. The summed E-state index contributed by atoms with van der Waals surface area (Å²) in [6.07, 6.45) is 8.05. The van der Waals surface area contributed by atoms with Crippen molar-refractivity contribution in [2.75, 3.05) is 5.32 Å². The summed E-state index contributed by atoms with van der Waals surface area (Å²) in [4.78, 5) is 12.1. The lowest BCUT2D eigenvalue weighted by Gasteiger charge is -2.29. The Kier molecular flexibility index (Phi) is 4.25. The Morgan fingerprint density at radius 3 is 2.90 bits per heavy atom. The third-order valence-electron chi connectivity index (χ3n) is 5.24. The molecule has 1 N–H and O–H groups in total. The van der Waals surface area contributed by atoms with E-state index < -0.39 is 0 Å². The predicted octanol–water partition coefficient (Wildman–Crippen LogP) is 3.54. The summed E-state index contributed by atoms with van der Waals surface area (Å²) in [6, 6.07) is 0.348. The van der Waals surface area contributed by atoms with Crippen LogP contribution in [0.25, 0.3) is 0 Å². The SMILES string of the molecule is CCCn1ncc(NC(C)C2CC3CCC2C3)c(Cl)c1=O. The number of aryl methyl sites for hydroxylation is 1. The highest BCUT2D eigenvalue weighted by Crippen LogP contribution is 2.49. The first-order chi connectivity index (χ1) is 10.1. The van der Waals surface area contributed by atoms with Crippen molar-refractivity contribution in [2.45, 2.75) is 58.5 Å². The van der Waals surface area contributed by atoms with Gasteiger partial charge in [-0.1, -0.05) is 24.9 Å². The molecule has 4 nitrogen and oxygen atoms in total. The van der Waals surface area contributed by atoms with Crippen LogP contribution in [0.5, 0.6) is 0 Å². The quantitative estimate of drug-likeness (QED) is 0.905. The molecule has 1 heterocycles. The van der Waals surface area contributed by atoms with E-state index in [0.29, 0.717) is 24.2 Å². The fourth-order valence-electron chi connectivity index (χ4n) is 4.20. The maximum absolute atomic E-state index is 12.1. The first-order valence-corrected chi connectivity index (χ1v) is 8.50. The zero-order valence-corrected chi connectivity index (χ0v) is 13.6. The second kappa shape index (κ2) is 5.99. The van der Waals surface area contributed by atoms with Crippen LogP contribution in [0.1, 0.15) is 46.0 Å². The second-order valence-corrected chi connectivity index (χ2v) is 7.05. The standard InChI is InChI=1S/C16H24ClN3O/c1-3-6-20-16(21)15(17)14(9-18-20)19-10(2)13-8-11-4-5-12(13)7-11/h9-13,19H,3-8H2,1-2H3. The number of halogens is 1. The van der Waals surface area contributed by atoms with Crippen LogP contribution >= 0.6 is 11.6 Å². The summed E-state index contributed by atoms with van der Waals surface area (Å²) in [6.45, 7) is 4.84. The lowest BCUT2D eigenvalue weighted by molar-refractivity contribution is 0.304. The summed E-state index contributed by atoms with van der Waals surface area (Å²) in [5, 5.41) is 7.92. The van der Waals surface area contributed by atoms with E-state index in [-0.39, 0.29) is 10.6 Å². The number of nitrogens with one attached hydrogen (secondary N) is 1. The third kappa shape index (κ3) is 2.83. The van der Waals surface area contributed by atoms with E-state index in [1.165, 1.54) is 30.4 Å². The molecule has 0 aliphatic heterocycles. The van der Waals surface area contributed by atoms with Crippen LogP contribution in [0.4, 0.5) is 5.69 Å². The zero-order valence-electron chi connectivity index (χ0n) is 12.8. The topological polar surface area (TPSA) is 46.9 Å². The molecule has 0 amide bonds. The monoisotopic (exact) mass is 309 g/mol. The molecule has 4 atom stereocenters. The Labute approximate surface area is 130 Å². The van der Waals surface area contributed by atoms with Crippen LogP contribution in [-0.2, 0) is 6.54 Å². The molecule has 1 aromatic rings. The minimum absolute atomic E-state index is 0.191. The molecule has 0 saturated heterocycles. The summed E-state index contributed by atoms with van der Waals surface area (Å²) in [5.74, 6) is 2.48. The molecule has 1 aromatic heterocycles. The van der Waals surface area contributed by atoms with Crippen molar-refractivity contribution in [3.05, 3.63) is 21.6 Å². The van der Waals surface area contributed by atoms with Crippen LogP contribution < -0.4 is 10.9 Å². The number of aromatic nitrogens is 2. The normalized spacial score (nSPS) is 28.8. The highest BCUT2D eigenvalue weighted by molar-refractivity contribution is 6.32. The Balaban J connectivity index is 1.73. The first kappa shape index (κ1) is 14.9. The van der Waals surface area contributed by atoms with E-state index in [1.54, 1.807) is 6.20 Å². The molecule has 116 valence electrons. The molecule has 2 fully saturated rings. The maximum atomic E-state index is 12.1. The molecular weight excluding hydrogens is 286 g/mol. The number of nitrogens with zero attached hydrogens (tertiary/aromatic N) is 2. The van der Waals surface area contributed by atoms with Gasteiger partial charge in [-0.2, -0.15) is 5.10 Å². The average Bonchev–Trinajstić information content (AvgIpc) is 3.09. The number of rotatable bonds is 5. The van der Waals surface area contributed by atoms with Crippen molar-refractivity contribution in [2.24, 2.45) is 17.8 Å². The van der Waals surface area contributed by atoms with Gasteiger partial charge in [0.1, 0.15) is 5.02 Å². The largest absolute Gasteiger partial charge is 0.380 e. The molecular formula is C16H24ClN3O. The first-order valence-electron chi connectivity index (χ1n) is 8.12. The van der Waals surface area contributed by atoms with E-state index in [4.69, 9.17) is 11.6 Å². The average molecular weight is 310 g/mol. The van der Waals surface area contributed by atoms with Gasteiger partial charge in [-0.3, -0.25) is 4.79 Å². The second-order valence-electron chi connectivity index (χ2n) is 6.67. The van der Waals surface area contributed by atoms with Crippen LogP contribution in [0.2, 0.25) is 5.02 Å². The number of fused-ring (bicyclic) bond motifs is 2. The van der Waals surface area contributed by atoms with Crippen LogP contribution in [-0.4, -0.2) is 15.8 Å². The van der Waals surface area contributed by atoms with Gasteiger partial charge in [0.05, 0.1) is 11.9 Å². The zero-order chi connectivity index (χ0) is 15.0. The van der Waals surface area contributed by atoms with Crippen LogP contribution in [0, 0.1) is 17.8 Å². The minimum Gasteiger partial charge on any atom is -0.380 e. The Bertz CT molecular complexity index is 571. The fraction of sp³-hybridized carbons (Fsp3) is 0.750. The minimum atomic E-state index is -0.191. The molecule has 3 rings (SSSR count). The summed E-state index contributed by atoms with van der Waals surface area (Å²) >= 11 is 6.23. The van der Waals surface area contributed by atoms with E-state index >= 15 is 0 Å². The number of anilines is 1. The fourth-order valence-corrected chi connectivity index (χ4v) is 4.40. The van der Waals surface area contributed by atoms with Gasteiger partial charge < -0.3 is 5.32 Å². The van der Waals surface area contributed by atoms with Crippen molar-refractivity contribution >= 4 is 17.3 Å². The number of hydrogen-bond acceptors (Lipinski definition) is 3. The lowest BCUT2D eigenvalue weighted by atomic mass is 9.84. The molecule has 2 bridgehead atoms. The third-order valence-corrected chi connectivity index (χ3v) is 5.60. The van der Waals surface area contributed by atoms with Crippen molar-refractivity contribution in [1.29, 1.82) is 0 Å². The molecule has 0 radical (unpaired) electrons. The molecule has 4 unspecified atom stereocenters. The van der Waals surface area contributed by atoms with Gasteiger partial charge in [0.2, 0.25) is 0 Å². The van der Waals surface area contributed by atoms with Crippen LogP contribution in [0.15, 0.2) is 11.0 Å². The molecule has 2 aliphatic carbocycles. The molecule has 21 heavy (non-hydrogen) atoms. The molecule has 2 saturated carbocycles. The van der Waals surface area contributed by atoms with Gasteiger partial charge in [0.15, 0.2) is 0 Å². The van der Waals surface area contributed by atoms with E-state index in [2.05, 4.69) is 17.3 Å². The molecule has 2 aliphatic rings. The molecule has 0 aromatic carbocycles. The van der Waals surface area contributed by atoms with Gasteiger partial charge >= 0.3 is 0 Å². The summed E-state index contributed by atoms with van der Waals surface area (Å²) in [7, 11) is 0. The van der Waals surface area contributed by atoms with Crippen LogP contribution in [0.3, 0.4) is 0 Å². The lowest BCUT2D eigenvalue weighted by Crippen LogP contribution is -2.31. The van der Waals surface area contributed by atoms with E-state index in [9.17, 15) is 4.79 Å². The number of hydrogen-bond donors (Lipinski definition) is 1. The van der Waals surface area contributed by atoms with Gasteiger partial charge in [-0.15, -0.1) is 0 Å². The molecule has 5 heteroatoms. The van der Waals surface area contributed by atoms with E-state index in [1.807, 2.05) is 6.92 Å². The highest BCUT2D eigenvalue weighted by Gasteiger charge is 2.41. The Morgan fingerprint density at radius 2 is 2.29 bits per heavy atom. The van der Waals surface area contributed by atoms with Gasteiger partial charge in [0.25, 0.3) is 5.56 Å². The maximum Gasteiger partial charge on any atom is 0.287 e. The van der Waals surface area contributed by atoms with Gasteiger partial charge in [0, 0.05) is 12.6 Å². The van der Waals surface area contributed by atoms with E-state index in [0.717, 1.165) is 18.3 Å². The van der Waals surface area contributed by atoms with Crippen molar-refractivity contribution < 1.29 is 0 Å². The van der Waals surface area contributed by atoms with Crippen molar-refractivity contribution in [1.82, 2.24) is 9.78 Å². The van der Waals surface area contributed by atoms with Gasteiger partial charge in [-0.05, 0) is 50.4 Å². The highest BCUT2D eigenvalue weighted by atomic mass is 35.5. The molecule has 0 spiro atoms. The van der Waals surface area contributed by atoms with Crippen molar-refractivity contribution in [3.63, 3.8) is 0 Å².